The number of hydrogen-bond acceptors (Lipinski definition) is 6. The average molecular weight is 322 g/mol. The summed E-state index contributed by atoms with van der Waals surface area (Å²) in [6.07, 6.45) is 2.33. The molecule has 2 rings (SSSR count). The molecule has 0 amide bonds. The Bertz CT molecular complexity index is 720. The van der Waals surface area contributed by atoms with Crippen LogP contribution in [0.5, 0.6) is 11.8 Å². The van der Waals surface area contributed by atoms with Crippen LogP contribution in [0.2, 0.25) is 5.02 Å². The summed E-state index contributed by atoms with van der Waals surface area (Å²) in [5, 5.41) is 0.493. The highest BCUT2D eigenvalue weighted by molar-refractivity contribution is 6.30. The summed E-state index contributed by atoms with van der Waals surface area (Å²) in [5.74, 6) is -0.831. The predicted octanol–water partition coefficient (Wildman–Crippen LogP) is 3.74. The number of aromatic nitrogens is 2. The van der Waals surface area contributed by atoms with Gasteiger partial charge >= 0.3 is 12.2 Å². The molecule has 1 aromatic heterocycles. The maximum atomic E-state index is 13.4. The minimum Gasteiger partial charge on any atom is -0.395 e. The molecule has 0 aliphatic carbocycles. The highest BCUT2D eigenvalue weighted by Gasteiger charge is 2.12. The molecular weight excluding hydrogens is 313 g/mol. The van der Waals surface area contributed by atoms with Gasteiger partial charge in [-0.2, -0.15) is 4.98 Å². The molecule has 6 nitrogen and oxygen atoms in total. The number of nitrogens with zero attached hydrogens (tertiary/aromatic N) is 3. The molecule has 0 saturated heterocycles. The number of halogens is 2. The van der Waals surface area contributed by atoms with Crippen molar-refractivity contribution in [1.29, 1.82) is 0 Å². The fourth-order valence-electron chi connectivity index (χ4n) is 1.30. The molecule has 22 heavy (non-hydrogen) atoms. The fourth-order valence-corrected chi connectivity index (χ4v) is 1.43. The van der Waals surface area contributed by atoms with E-state index in [-0.39, 0.29) is 11.6 Å². The summed E-state index contributed by atoms with van der Waals surface area (Å²) in [4.78, 5) is 22.4. The minimum absolute atomic E-state index is 0.224. The number of allylic oxidation sites excluding steroid dienone is 1. The van der Waals surface area contributed by atoms with Crippen molar-refractivity contribution >= 4 is 29.8 Å². The van der Waals surface area contributed by atoms with Crippen LogP contribution in [-0.4, -0.2) is 22.3 Å². The third-order valence-electron chi connectivity index (χ3n) is 2.20. The van der Waals surface area contributed by atoms with E-state index < -0.39 is 18.0 Å². The van der Waals surface area contributed by atoms with E-state index in [0.29, 0.717) is 5.02 Å². The van der Waals surface area contributed by atoms with E-state index >= 15 is 0 Å². The number of benzene rings is 1. The Balaban J connectivity index is 2.06. The van der Waals surface area contributed by atoms with Crippen LogP contribution in [0.4, 0.5) is 15.0 Å². The van der Waals surface area contributed by atoms with Crippen LogP contribution in [0.3, 0.4) is 0 Å². The Labute approximate surface area is 129 Å². The summed E-state index contributed by atoms with van der Waals surface area (Å²) < 4.78 is 23.0. The number of ether oxygens (including phenoxy) is 2. The molecule has 0 saturated carbocycles. The third kappa shape index (κ3) is 4.35. The van der Waals surface area contributed by atoms with Crippen LogP contribution in [0.1, 0.15) is 0 Å². The van der Waals surface area contributed by atoms with Gasteiger partial charge in [-0.25, -0.2) is 19.2 Å². The molecule has 0 aliphatic rings. The molecule has 1 heterocycles. The molecular formula is C14H9ClFN3O3. The quantitative estimate of drug-likeness (QED) is 0.487. The van der Waals surface area contributed by atoms with Gasteiger partial charge in [-0.1, -0.05) is 24.3 Å². The van der Waals surface area contributed by atoms with Gasteiger partial charge in [0.2, 0.25) is 0 Å². The number of hydrogen-bond donors (Lipinski definition) is 0. The first-order valence-corrected chi connectivity index (χ1v) is 6.29. The Morgan fingerprint density at radius 1 is 1.32 bits per heavy atom. The number of carbonyl (C=O) groups is 1. The van der Waals surface area contributed by atoms with E-state index in [1.807, 2.05) is 0 Å². The van der Waals surface area contributed by atoms with Crippen LogP contribution < -0.4 is 9.47 Å². The zero-order valence-corrected chi connectivity index (χ0v) is 11.8. The van der Waals surface area contributed by atoms with Crippen molar-refractivity contribution in [3.8, 4) is 11.8 Å². The van der Waals surface area contributed by atoms with Crippen molar-refractivity contribution in [3.05, 3.63) is 54.0 Å². The van der Waals surface area contributed by atoms with Gasteiger partial charge < -0.3 is 9.47 Å². The van der Waals surface area contributed by atoms with Gasteiger partial charge in [0.05, 0.1) is 6.20 Å². The van der Waals surface area contributed by atoms with Gasteiger partial charge in [0.1, 0.15) is 5.75 Å². The summed E-state index contributed by atoms with van der Waals surface area (Å²) in [5.41, 5.74) is 0. The molecule has 112 valence electrons. The van der Waals surface area contributed by atoms with Crippen molar-refractivity contribution in [3.63, 3.8) is 0 Å². The number of aliphatic imine (C=N–C) groups is 1. The molecule has 8 heteroatoms. The van der Waals surface area contributed by atoms with Crippen LogP contribution in [0.25, 0.3) is 0 Å². The Hall–Kier alpha value is -2.80. The molecule has 0 aliphatic heterocycles. The maximum Gasteiger partial charge on any atom is 0.521 e. The summed E-state index contributed by atoms with van der Waals surface area (Å²) >= 11 is 5.70. The first-order valence-electron chi connectivity index (χ1n) is 5.91. The lowest BCUT2D eigenvalue weighted by atomic mass is 10.3. The second-order valence-electron chi connectivity index (χ2n) is 3.75. The van der Waals surface area contributed by atoms with Gasteiger partial charge in [0, 0.05) is 11.2 Å². The van der Waals surface area contributed by atoms with Crippen LogP contribution >= 0.6 is 11.6 Å². The first kappa shape index (κ1) is 15.6. The van der Waals surface area contributed by atoms with Gasteiger partial charge in [-0.3, -0.25) is 0 Å². The molecule has 0 radical (unpaired) electrons. The highest BCUT2D eigenvalue weighted by Crippen LogP contribution is 2.18. The van der Waals surface area contributed by atoms with E-state index in [2.05, 4.69) is 21.5 Å². The third-order valence-corrected chi connectivity index (χ3v) is 2.45. The normalized spacial score (nSPS) is 10.5. The average Bonchev–Trinajstić information content (AvgIpc) is 2.50. The Kier molecular flexibility index (Phi) is 5.16. The predicted molar refractivity (Wildman–Crippen MR) is 78.4 cm³/mol. The molecule has 0 fully saturated rings. The van der Waals surface area contributed by atoms with E-state index in [0.717, 1.165) is 6.20 Å². The fraction of sp³-hybridized carbons (Fsp3) is 0. The molecule has 0 unspecified atom stereocenters. The lowest BCUT2D eigenvalue weighted by molar-refractivity contribution is 0.147. The van der Waals surface area contributed by atoms with Crippen molar-refractivity contribution in [2.45, 2.75) is 0 Å². The highest BCUT2D eigenvalue weighted by atomic mass is 35.5. The standard InChI is InChI=1S/C14H9ClFN3O3/c1-2-7-17-12-11(16)8-18-13(19-12)22-14(20)21-10-5-3-9(15)4-6-10/h2-8H,1H2. The van der Waals surface area contributed by atoms with Crippen molar-refractivity contribution in [1.82, 2.24) is 9.97 Å². The van der Waals surface area contributed by atoms with Gasteiger partial charge in [-0.15, -0.1) is 0 Å². The molecule has 0 spiro atoms. The SMILES string of the molecule is C=CC=Nc1nc(OC(=O)Oc2ccc(Cl)cc2)ncc1F. The van der Waals surface area contributed by atoms with Gasteiger partial charge in [0.15, 0.2) is 11.6 Å². The van der Waals surface area contributed by atoms with Crippen molar-refractivity contribution in [2.75, 3.05) is 0 Å². The number of carbonyl (C=O) groups excluding carboxylic acids is 1. The second kappa shape index (κ2) is 7.28. The van der Waals surface area contributed by atoms with Crippen molar-refractivity contribution in [2.24, 2.45) is 4.99 Å². The van der Waals surface area contributed by atoms with Gasteiger partial charge in [-0.05, 0) is 24.3 Å². The largest absolute Gasteiger partial charge is 0.521 e. The lowest BCUT2D eigenvalue weighted by Gasteiger charge is -2.04. The Morgan fingerprint density at radius 2 is 2.05 bits per heavy atom. The summed E-state index contributed by atoms with van der Waals surface area (Å²) in [6.45, 7) is 3.40. The van der Waals surface area contributed by atoms with Crippen LogP contribution in [-0.2, 0) is 0 Å². The second-order valence-corrected chi connectivity index (χ2v) is 4.18. The van der Waals surface area contributed by atoms with Crippen LogP contribution in [0.15, 0.2) is 48.1 Å². The molecule has 0 atom stereocenters. The summed E-state index contributed by atoms with van der Waals surface area (Å²) in [6, 6.07) is 5.65. The summed E-state index contributed by atoms with van der Waals surface area (Å²) in [7, 11) is 0. The molecule has 0 bridgehead atoms. The zero-order chi connectivity index (χ0) is 15.9. The zero-order valence-electron chi connectivity index (χ0n) is 11.1. The Morgan fingerprint density at radius 3 is 2.73 bits per heavy atom. The molecule has 0 N–H and O–H groups in total. The lowest BCUT2D eigenvalue weighted by Crippen LogP contribution is -2.15. The molecule has 1 aromatic carbocycles. The topological polar surface area (TPSA) is 73.7 Å². The van der Waals surface area contributed by atoms with E-state index in [4.69, 9.17) is 21.1 Å². The monoisotopic (exact) mass is 321 g/mol. The van der Waals surface area contributed by atoms with Gasteiger partial charge in [0.25, 0.3) is 0 Å². The molecule has 2 aromatic rings. The minimum atomic E-state index is -1.08. The smallest absolute Gasteiger partial charge is 0.395 e. The maximum absolute atomic E-state index is 13.4. The van der Waals surface area contributed by atoms with E-state index in [9.17, 15) is 9.18 Å². The number of rotatable bonds is 4. The van der Waals surface area contributed by atoms with Crippen molar-refractivity contribution < 1.29 is 18.7 Å². The van der Waals surface area contributed by atoms with E-state index in [1.165, 1.54) is 24.4 Å². The first-order chi connectivity index (χ1) is 10.6. The van der Waals surface area contributed by atoms with E-state index in [1.54, 1.807) is 12.1 Å². The van der Waals surface area contributed by atoms with Crippen LogP contribution in [0, 0.1) is 5.82 Å².